The van der Waals surface area contributed by atoms with E-state index in [1.165, 1.54) is 28.8 Å². The molecule has 11 heteroatoms. The Kier molecular flexibility index (Phi) is 9.61. The van der Waals surface area contributed by atoms with Gasteiger partial charge in [0, 0.05) is 24.2 Å². The predicted molar refractivity (Wildman–Crippen MR) is 158 cm³/mol. The molecule has 0 bridgehead atoms. The number of nitrogens with zero attached hydrogens (tertiary/aromatic N) is 3. The molecular weight excluding hydrogens is 527 g/mol. The predicted octanol–water partition coefficient (Wildman–Crippen LogP) is 2.46. The van der Waals surface area contributed by atoms with Crippen molar-refractivity contribution in [2.75, 3.05) is 18.5 Å². The molecule has 1 fully saturated rings. The van der Waals surface area contributed by atoms with Crippen molar-refractivity contribution in [2.45, 2.75) is 58.4 Å². The summed E-state index contributed by atoms with van der Waals surface area (Å²) in [6.07, 6.45) is 7.42. The van der Waals surface area contributed by atoms with E-state index < -0.39 is 11.7 Å². The lowest BCUT2D eigenvalue weighted by Crippen LogP contribution is -2.38. The minimum atomic E-state index is -0.671. The van der Waals surface area contributed by atoms with Crippen molar-refractivity contribution >= 4 is 29.3 Å². The second kappa shape index (κ2) is 13.3. The zero-order valence-corrected chi connectivity index (χ0v) is 23.4. The first-order valence-corrected chi connectivity index (χ1v) is 13.9. The maximum atomic E-state index is 14.8. The number of hydrogen-bond acceptors (Lipinski definition) is 6. The number of phenols is 1. The number of carbonyl (C=O) groups is 1. The van der Waals surface area contributed by atoms with Gasteiger partial charge in [0.05, 0.1) is 23.3 Å². The third kappa shape index (κ3) is 6.68. The van der Waals surface area contributed by atoms with Crippen LogP contribution in [0.2, 0.25) is 0 Å². The lowest BCUT2D eigenvalue weighted by Gasteiger charge is -2.10. The molecule has 218 valence electrons. The van der Waals surface area contributed by atoms with Crippen LogP contribution in [0.3, 0.4) is 0 Å². The van der Waals surface area contributed by atoms with Crippen LogP contribution in [0.15, 0.2) is 52.3 Å². The summed E-state index contributed by atoms with van der Waals surface area (Å²) in [5.74, 6) is -0.841. The number of nitrogens with one attached hydrogen (secondary N) is 2. The van der Waals surface area contributed by atoms with Gasteiger partial charge in [-0.05, 0) is 56.5 Å². The van der Waals surface area contributed by atoms with Crippen LogP contribution in [0, 0.1) is 5.82 Å². The summed E-state index contributed by atoms with van der Waals surface area (Å²) in [6.45, 7) is 3.52. The Balaban J connectivity index is 1.84. The van der Waals surface area contributed by atoms with Gasteiger partial charge in [-0.3, -0.25) is 13.9 Å². The smallest absolute Gasteiger partial charge is 0.334 e. The second-order valence-corrected chi connectivity index (χ2v) is 10.1. The molecule has 10 nitrogen and oxygen atoms in total. The Morgan fingerprint density at radius 2 is 1.98 bits per heavy atom. The van der Waals surface area contributed by atoms with Crippen LogP contribution >= 0.6 is 0 Å². The van der Waals surface area contributed by atoms with Gasteiger partial charge >= 0.3 is 5.69 Å². The van der Waals surface area contributed by atoms with Gasteiger partial charge in [-0.15, -0.1) is 0 Å². The Morgan fingerprint density at radius 1 is 1.22 bits per heavy atom. The van der Waals surface area contributed by atoms with Crippen LogP contribution < -0.4 is 32.8 Å². The number of rotatable bonds is 9. The number of aliphatic imine (C=N–C) groups is 1. The number of amidine groups is 1. The third-order valence-electron chi connectivity index (χ3n) is 7.00. The van der Waals surface area contributed by atoms with Crippen molar-refractivity contribution < 1.29 is 19.4 Å². The van der Waals surface area contributed by atoms with Gasteiger partial charge in [-0.1, -0.05) is 38.3 Å². The fourth-order valence-electron chi connectivity index (χ4n) is 5.13. The molecule has 1 saturated carbocycles. The highest BCUT2D eigenvalue weighted by Crippen LogP contribution is 2.27. The van der Waals surface area contributed by atoms with Crippen molar-refractivity contribution in [2.24, 2.45) is 10.7 Å². The van der Waals surface area contributed by atoms with Crippen molar-refractivity contribution in [3.05, 3.63) is 75.0 Å². The topological polar surface area (TPSA) is 147 Å². The lowest BCUT2D eigenvalue weighted by molar-refractivity contribution is 0.0944. The molecule has 0 atom stereocenters. The van der Waals surface area contributed by atoms with Crippen molar-refractivity contribution in [1.29, 1.82) is 0 Å². The summed E-state index contributed by atoms with van der Waals surface area (Å²) in [7, 11) is 0. The van der Waals surface area contributed by atoms with Crippen LogP contribution in [0.5, 0.6) is 5.75 Å². The largest absolute Gasteiger partial charge is 0.508 e. The van der Waals surface area contributed by atoms with Gasteiger partial charge < -0.3 is 26.6 Å². The minimum absolute atomic E-state index is 0.0111. The zero-order chi connectivity index (χ0) is 29.5. The summed E-state index contributed by atoms with van der Waals surface area (Å²) in [5.41, 5.74) is 6.99. The normalized spacial score (nSPS) is 15.3. The molecule has 0 unspecified atom stereocenters. The van der Waals surface area contributed by atoms with E-state index in [1.54, 1.807) is 23.6 Å². The molecule has 2 aromatic carbocycles. The number of imidazole rings is 1. The fourth-order valence-corrected chi connectivity index (χ4v) is 5.13. The number of phenolic OH excluding ortho intramolecular Hbond substituents is 1. The minimum Gasteiger partial charge on any atom is -0.508 e. The van der Waals surface area contributed by atoms with Gasteiger partial charge in [0.25, 0.3) is 5.91 Å². The van der Waals surface area contributed by atoms with Crippen LogP contribution in [0.1, 0.15) is 68.8 Å². The number of carbonyl (C=O) groups excluding carboxylic acids is 1. The molecular formula is C30H37FN6O4. The molecule has 3 aromatic rings. The van der Waals surface area contributed by atoms with Gasteiger partial charge in [-0.2, -0.15) is 0 Å². The quantitative estimate of drug-likeness (QED) is 0.199. The highest BCUT2D eigenvalue weighted by Gasteiger charge is 2.24. The molecule has 1 amide bonds. The first-order valence-electron chi connectivity index (χ1n) is 13.9. The number of aliphatic hydroxyl groups is 1. The van der Waals surface area contributed by atoms with E-state index in [0.717, 1.165) is 44.6 Å². The SMILES string of the molecule is CCC/C=c1/c(=C(/N)N=C(C)Nc2ccc(C(=O)NCCO)cc2F)n(-c2cccc(O)c2)c(=O)n1C1CCCC1. The average Bonchev–Trinajstić information content (AvgIpc) is 3.57. The molecule has 4 rings (SSSR count). The summed E-state index contributed by atoms with van der Waals surface area (Å²) < 4.78 is 18.1. The summed E-state index contributed by atoms with van der Waals surface area (Å²) in [4.78, 5) is 30.5. The maximum absolute atomic E-state index is 14.8. The number of hydrogen-bond donors (Lipinski definition) is 5. The monoisotopic (exact) mass is 564 g/mol. The Morgan fingerprint density at radius 3 is 2.63 bits per heavy atom. The summed E-state index contributed by atoms with van der Waals surface area (Å²) >= 11 is 0. The molecule has 6 N–H and O–H groups in total. The number of aromatic nitrogens is 2. The molecule has 1 aromatic heterocycles. The van der Waals surface area contributed by atoms with Gasteiger partial charge in [0.2, 0.25) is 0 Å². The standard InChI is InChI=1S/C30H37FN6O4/c1-3-4-12-26-27(37(22-10-7-11-23(39)18-22)30(41)36(26)21-8-5-6-9-21)28(32)35-19(2)34-25-14-13-20(17-24(25)31)29(40)33-15-16-38/h7,10-14,17-18,21,38-39H,3-6,8-9,15-16,32H2,1-2H3,(H,33,40)(H,34,35)/b26-12-,28-27+. The molecule has 1 aliphatic rings. The Bertz CT molecular complexity index is 1620. The molecule has 0 saturated heterocycles. The van der Waals surface area contributed by atoms with Crippen molar-refractivity contribution in [1.82, 2.24) is 14.5 Å². The first kappa shape index (κ1) is 29.6. The number of aromatic hydroxyl groups is 1. The van der Waals surface area contributed by atoms with Crippen LogP contribution in [-0.4, -0.2) is 44.2 Å². The molecule has 1 heterocycles. The van der Waals surface area contributed by atoms with Crippen molar-refractivity contribution in [3.63, 3.8) is 0 Å². The zero-order valence-electron chi connectivity index (χ0n) is 23.4. The van der Waals surface area contributed by atoms with E-state index >= 15 is 0 Å². The molecule has 0 radical (unpaired) electrons. The summed E-state index contributed by atoms with van der Waals surface area (Å²) in [6, 6.07) is 10.4. The maximum Gasteiger partial charge on any atom is 0.334 e. The number of halogens is 1. The summed E-state index contributed by atoms with van der Waals surface area (Å²) in [5, 5.41) is 25.5. The van der Waals surface area contributed by atoms with E-state index in [1.807, 2.05) is 6.08 Å². The van der Waals surface area contributed by atoms with E-state index in [2.05, 4.69) is 22.5 Å². The highest BCUT2D eigenvalue weighted by atomic mass is 19.1. The number of aliphatic hydroxyl groups excluding tert-OH is 1. The highest BCUT2D eigenvalue weighted by molar-refractivity contribution is 5.97. The number of amides is 1. The second-order valence-electron chi connectivity index (χ2n) is 10.1. The Hall–Kier alpha value is -4.38. The molecule has 0 aliphatic heterocycles. The van der Waals surface area contributed by atoms with E-state index in [9.17, 15) is 19.1 Å². The van der Waals surface area contributed by atoms with Crippen molar-refractivity contribution in [3.8, 4) is 11.4 Å². The van der Waals surface area contributed by atoms with Gasteiger partial charge in [-0.25, -0.2) is 14.2 Å². The molecule has 1 aliphatic carbocycles. The lowest BCUT2D eigenvalue weighted by atomic mass is 10.2. The van der Waals surface area contributed by atoms with Crippen LogP contribution in [0.4, 0.5) is 10.1 Å². The van der Waals surface area contributed by atoms with E-state index in [-0.39, 0.29) is 53.5 Å². The number of nitrogens with two attached hydrogens (primary N) is 1. The fraction of sp³-hybridized carbons (Fsp3) is 0.367. The van der Waals surface area contributed by atoms with Crippen LogP contribution in [0.25, 0.3) is 17.6 Å². The van der Waals surface area contributed by atoms with Crippen LogP contribution in [-0.2, 0) is 0 Å². The van der Waals surface area contributed by atoms with E-state index in [4.69, 9.17) is 10.8 Å². The Labute approximate surface area is 237 Å². The molecule has 0 spiro atoms. The van der Waals surface area contributed by atoms with Gasteiger partial charge in [0.1, 0.15) is 22.8 Å². The molecule has 41 heavy (non-hydrogen) atoms. The number of anilines is 1. The third-order valence-corrected chi connectivity index (χ3v) is 7.00. The number of benzene rings is 2. The van der Waals surface area contributed by atoms with Gasteiger partial charge in [0.15, 0.2) is 5.82 Å². The average molecular weight is 565 g/mol. The number of unbranched alkanes of at least 4 members (excludes halogenated alkanes) is 1. The first-order chi connectivity index (χ1) is 19.7. The van der Waals surface area contributed by atoms with E-state index in [0.29, 0.717) is 16.4 Å².